The van der Waals surface area contributed by atoms with Gasteiger partial charge in [-0.2, -0.15) is 0 Å². The smallest absolute Gasteiger partial charge is 0.238 e. The van der Waals surface area contributed by atoms with Gasteiger partial charge in [0.25, 0.3) is 0 Å². The fourth-order valence-electron chi connectivity index (χ4n) is 3.17. The number of nitrogens with one attached hydrogen (secondary N) is 1. The van der Waals surface area contributed by atoms with Crippen molar-refractivity contribution in [1.82, 2.24) is 4.90 Å². The highest BCUT2D eigenvalue weighted by molar-refractivity contribution is 5.93. The van der Waals surface area contributed by atoms with Crippen LogP contribution in [0.2, 0.25) is 0 Å². The van der Waals surface area contributed by atoms with Crippen LogP contribution < -0.4 is 11.1 Å². The molecular formula is C17H27N3O. The number of amides is 1. The monoisotopic (exact) mass is 289 g/mol. The van der Waals surface area contributed by atoms with Crippen molar-refractivity contribution >= 4 is 17.3 Å². The zero-order chi connectivity index (χ0) is 15.5. The summed E-state index contributed by atoms with van der Waals surface area (Å²) in [4.78, 5) is 14.5. The summed E-state index contributed by atoms with van der Waals surface area (Å²) in [7, 11) is 0. The van der Waals surface area contributed by atoms with E-state index in [1.165, 1.54) is 19.3 Å². The quantitative estimate of drug-likeness (QED) is 0.819. The first-order valence-electron chi connectivity index (χ1n) is 7.87. The SMILES string of the molecule is CCC1(CC)CCN(CC(=O)Nc2cccc(N)c2C)C1. The lowest BCUT2D eigenvalue weighted by molar-refractivity contribution is -0.117. The molecule has 0 atom stereocenters. The minimum atomic E-state index is 0.0479. The lowest BCUT2D eigenvalue weighted by Gasteiger charge is -2.26. The predicted octanol–water partition coefficient (Wildman–Crippen LogP) is 3.03. The van der Waals surface area contributed by atoms with Crippen molar-refractivity contribution in [3.63, 3.8) is 0 Å². The average Bonchev–Trinajstić information content (AvgIpc) is 2.88. The Morgan fingerprint density at radius 1 is 1.38 bits per heavy atom. The van der Waals surface area contributed by atoms with E-state index in [1.807, 2.05) is 25.1 Å². The van der Waals surface area contributed by atoms with Gasteiger partial charge in [-0.1, -0.05) is 19.9 Å². The number of hydrogen-bond donors (Lipinski definition) is 2. The van der Waals surface area contributed by atoms with Gasteiger partial charge >= 0.3 is 0 Å². The third-order valence-electron chi connectivity index (χ3n) is 5.03. The molecule has 0 bridgehead atoms. The summed E-state index contributed by atoms with van der Waals surface area (Å²) in [6.45, 7) is 8.96. The van der Waals surface area contributed by atoms with E-state index >= 15 is 0 Å². The van der Waals surface area contributed by atoms with Crippen molar-refractivity contribution < 1.29 is 4.79 Å². The molecule has 0 radical (unpaired) electrons. The molecule has 1 aromatic carbocycles. The Hall–Kier alpha value is -1.55. The molecule has 1 amide bonds. The van der Waals surface area contributed by atoms with Gasteiger partial charge in [-0.25, -0.2) is 0 Å². The number of hydrogen-bond acceptors (Lipinski definition) is 3. The minimum Gasteiger partial charge on any atom is -0.398 e. The molecule has 1 saturated heterocycles. The van der Waals surface area contributed by atoms with Gasteiger partial charge in [0.2, 0.25) is 5.91 Å². The summed E-state index contributed by atoms with van der Waals surface area (Å²) in [5.41, 5.74) is 8.74. The molecule has 4 nitrogen and oxygen atoms in total. The van der Waals surface area contributed by atoms with Crippen LogP contribution in [0.15, 0.2) is 18.2 Å². The van der Waals surface area contributed by atoms with Gasteiger partial charge in [-0.05, 0) is 55.8 Å². The number of benzene rings is 1. The van der Waals surface area contributed by atoms with Crippen LogP contribution >= 0.6 is 0 Å². The molecule has 2 rings (SSSR count). The Morgan fingerprint density at radius 3 is 2.71 bits per heavy atom. The zero-order valence-corrected chi connectivity index (χ0v) is 13.4. The van der Waals surface area contributed by atoms with Gasteiger partial charge in [0, 0.05) is 17.9 Å². The van der Waals surface area contributed by atoms with Crippen LogP contribution in [0.1, 0.15) is 38.7 Å². The van der Waals surface area contributed by atoms with Gasteiger partial charge in [-0.15, -0.1) is 0 Å². The van der Waals surface area contributed by atoms with Gasteiger partial charge < -0.3 is 11.1 Å². The standard InChI is InChI=1S/C17H27N3O/c1-4-17(5-2)9-10-20(12-17)11-16(21)19-15-8-6-7-14(18)13(15)3/h6-8H,4-5,9-12,18H2,1-3H3,(H,19,21). The molecule has 1 aromatic rings. The number of anilines is 2. The van der Waals surface area contributed by atoms with Crippen molar-refractivity contribution in [3.8, 4) is 0 Å². The van der Waals surface area contributed by atoms with Crippen molar-refractivity contribution in [2.75, 3.05) is 30.7 Å². The summed E-state index contributed by atoms with van der Waals surface area (Å²) >= 11 is 0. The second-order valence-corrected chi connectivity index (χ2v) is 6.24. The Bertz CT molecular complexity index is 509. The molecule has 0 aromatic heterocycles. The fourth-order valence-corrected chi connectivity index (χ4v) is 3.17. The van der Waals surface area contributed by atoms with Crippen LogP contribution in [-0.2, 0) is 4.79 Å². The van der Waals surface area contributed by atoms with Crippen LogP contribution in [-0.4, -0.2) is 30.4 Å². The highest BCUT2D eigenvalue weighted by atomic mass is 16.2. The first-order valence-corrected chi connectivity index (χ1v) is 7.87. The molecule has 1 fully saturated rings. The largest absolute Gasteiger partial charge is 0.398 e. The molecule has 1 heterocycles. The lowest BCUT2D eigenvalue weighted by atomic mass is 9.82. The molecule has 3 N–H and O–H groups in total. The predicted molar refractivity (Wildman–Crippen MR) is 88.3 cm³/mol. The third-order valence-corrected chi connectivity index (χ3v) is 5.03. The molecule has 21 heavy (non-hydrogen) atoms. The van der Waals surface area contributed by atoms with Gasteiger partial charge in [0.15, 0.2) is 0 Å². The van der Waals surface area contributed by atoms with Crippen LogP contribution in [0.5, 0.6) is 0 Å². The summed E-state index contributed by atoms with van der Waals surface area (Å²) in [6, 6.07) is 5.62. The number of nitrogen functional groups attached to an aromatic ring is 1. The lowest BCUT2D eigenvalue weighted by Crippen LogP contribution is -2.33. The zero-order valence-electron chi connectivity index (χ0n) is 13.4. The minimum absolute atomic E-state index is 0.0479. The van der Waals surface area contributed by atoms with Crippen LogP contribution in [0, 0.1) is 12.3 Å². The van der Waals surface area contributed by atoms with Gasteiger partial charge in [-0.3, -0.25) is 9.69 Å². The molecular weight excluding hydrogens is 262 g/mol. The maximum atomic E-state index is 12.2. The summed E-state index contributed by atoms with van der Waals surface area (Å²) in [5, 5.41) is 2.98. The maximum absolute atomic E-state index is 12.2. The van der Waals surface area contributed by atoms with Crippen LogP contribution in [0.3, 0.4) is 0 Å². The molecule has 1 aliphatic heterocycles. The number of carbonyl (C=O) groups is 1. The van der Waals surface area contributed by atoms with E-state index in [0.29, 0.717) is 17.6 Å². The number of carbonyl (C=O) groups excluding carboxylic acids is 1. The van der Waals surface area contributed by atoms with E-state index in [1.54, 1.807) is 0 Å². The van der Waals surface area contributed by atoms with E-state index in [-0.39, 0.29) is 5.91 Å². The number of nitrogens with zero attached hydrogens (tertiary/aromatic N) is 1. The highest BCUT2D eigenvalue weighted by Gasteiger charge is 2.35. The summed E-state index contributed by atoms with van der Waals surface area (Å²) < 4.78 is 0. The Labute approximate surface area is 127 Å². The maximum Gasteiger partial charge on any atom is 0.238 e. The van der Waals surface area contributed by atoms with Crippen molar-refractivity contribution in [2.24, 2.45) is 5.41 Å². The van der Waals surface area contributed by atoms with E-state index in [2.05, 4.69) is 24.1 Å². The van der Waals surface area contributed by atoms with E-state index in [0.717, 1.165) is 24.3 Å². The fraction of sp³-hybridized carbons (Fsp3) is 0.588. The van der Waals surface area contributed by atoms with Gasteiger partial charge in [0.05, 0.1) is 6.54 Å². The Balaban J connectivity index is 1.93. The normalized spacial score (nSPS) is 17.9. The summed E-state index contributed by atoms with van der Waals surface area (Å²) in [5.74, 6) is 0.0479. The molecule has 116 valence electrons. The molecule has 0 spiro atoms. The topological polar surface area (TPSA) is 58.4 Å². The van der Waals surface area contributed by atoms with E-state index in [9.17, 15) is 4.79 Å². The van der Waals surface area contributed by atoms with Crippen molar-refractivity contribution in [3.05, 3.63) is 23.8 Å². The molecule has 0 aliphatic carbocycles. The molecule has 0 saturated carbocycles. The first-order chi connectivity index (χ1) is 9.99. The first kappa shape index (κ1) is 15.8. The number of nitrogens with two attached hydrogens (primary N) is 1. The van der Waals surface area contributed by atoms with Gasteiger partial charge in [0.1, 0.15) is 0 Å². The second-order valence-electron chi connectivity index (χ2n) is 6.24. The Kier molecular flexibility index (Phi) is 4.88. The summed E-state index contributed by atoms with van der Waals surface area (Å²) in [6.07, 6.45) is 3.58. The van der Waals surface area contributed by atoms with Crippen LogP contribution in [0.4, 0.5) is 11.4 Å². The van der Waals surface area contributed by atoms with Crippen molar-refractivity contribution in [1.29, 1.82) is 0 Å². The third kappa shape index (κ3) is 3.56. The molecule has 4 heteroatoms. The van der Waals surface area contributed by atoms with E-state index < -0.39 is 0 Å². The van der Waals surface area contributed by atoms with Crippen LogP contribution in [0.25, 0.3) is 0 Å². The number of rotatable bonds is 5. The highest BCUT2D eigenvalue weighted by Crippen LogP contribution is 2.36. The molecule has 0 unspecified atom stereocenters. The Morgan fingerprint density at radius 2 is 2.10 bits per heavy atom. The average molecular weight is 289 g/mol. The molecule has 1 aliphatic rings. The number of likely N-dealkylation sites (tertiary alicyclic amines) is 1. The van der Waals surface area contributed by atoms with Crippen molar-refractivity contribution in [2.45, 2.75) is 40.0 Å². The van der Waals surface area contributed by atoms with E-state index in [4.69, 9.17) is 5.73 Å². The second kappa shape index (κ2) is 6.48.